The number of benzene rings is 4. The predicted octanol–water partition coefficient (Wildman–Crippen LogP) is 9.38. The van der Waals surface area contributed by atoms with Crippen LogP contribution in [0.4, 0.5) is 17.3 Å². The summed E-state index contributed by atoms with van der Waals surface area (Å²) in [5.41, 5.74) is 10.1. The van der Waals surface area contributed by atoms with Crippen LogP contribution in [0.25, 0.3) is 21.9 Å². The van der Waals surface area contributed by atoms with Crippen molar-refractivity contribution in [3.63, 3.8) is 0 Å². The van der Waals surface area contributed by atoms with Gasteiger partial charge in [-0.15, -0.1) is 0 Å². The maximum Gasteiger partial charge on any atom is 0.185 e. The number of anilines is 3. The first-order chi connectivity index (χ1) is 24.1. The van der Waals surface area contributed by atoms with Gasteiger partial charge in [0.1, 0.15) is 35.5 Å². The lowest BCUT2D eigenvalue weighted by molar-refractivity contribution is 0.310. The zero-order chi connectivity index (χ0) is 33.7. The van der Waals surface area contributed by atoms with Crippen molar-refractivity contribution < 1.29 is 18.5 Å². The van der Waals surface area contributed by atoms with Crippen LogP contribution in [0.1, 0.15) is 11.1 Å². The van der Waals surface area contributed by atoms with Gasteiger partial charge in [-0.2, -0.15) is 0 Å². The van der Waals surface area contributed by atoms with Gasteiger partial charge in [0.2, 0.25) is 0 Å². The fourth-order valence-electron chi connectivity index (χ4n) is 4.66. The molecule has 0 fully saturated rings. The standard InChI is InChI=1S/C19H15N3O2.C14H12N2O2.C5H4BrN/c1-2-6-14(7-3-1)13-23-16-9-4-10-17-18(16)19(22-24-17)21-15-8-5-11-20-12-15;15-14-13-11(7-4-8-12(13)18-16-14)17-9-10-5-2-1-3-6-10;6-5-2-1-3-7-4-5/h1-12H,13H2,(H,21,22);1-8H,9H2,(H2,15,16);1-4H. The maximum absolute atomic E-state index is 5.99. The van der Waals surface area contributed by atoms with Gasteiger partial charge < -0.3 is 29.6 Å². The van der Waals surface area contributed by atoms with Crippen LogP contribution < -0.4 is 20.5 Å². The molecule has 0 aliphatic heterocycles. The summed E-state index contributed by atoms with van der Waals surface area (Å²) in [4.78, 5) is 7.93. The first-order valence-corrected chi connectivity index (χ1v) is 16.0. The first-order valence-electron chi connectivity index (χ1n) is 15.2. The molecule has 11 heteroatoms. The molecule has 0 amide bonds. The molecule has 0 spiro atoms. The molecule has 4 aromatic heterocycles. The highest BCUT2D eigenvalue weighted by molar-refractivity contribution is 9.10. The molecule has 0 unspecified atom stereocenters. The third-order valence-corrected chi connectivity index (χ3v) is 7.44. The minimum atomic E-state index is 0.355. The van der Waals surface area contributed by atoms with Crippen molar-refractivity contribution in [3.8, 4) is 11.5 Å². The average molecular weight is 716 g/mol. The number of nitrogen functional groups attached to an aromatic ring is 1. The molecule has 49 heavy (non-hydrogen) atoms. The first kappa shape index (κ1) is 32.7. The summed E-state index contributed by atoms with van der Waals surface area (Å²) in [7, 11) is 0. The summed E-state index contributed by atoms with van der Waals surface area (Å²) in [6, 6.07) is 38.8. The highest BCUT2D eigenvalue weighted by Crippen LogP contribution is 2.34. The van der Waals surface area contributed by atoms with Crippen LogP contribution in [0.3, 0.4) is 0 Å². The maximum atomic E-state index is 5.99. The van der Waals surface area contributed by atoms with Gasteiger partial charge in [-0.1, -0.05) is 83.1 Å². The molecule has 8 rings (SSSR count). The molecule has 3 N–H and O–H groups in total. The van der Waals surface area contributed by atoms with Gasteiger partial charge >= 0.3 is 0 Å². The zero-order valence-corrected chi connectivity index (χ0v) is 27.7. The molecule has 8 aromatic rings. The van der Waals surface area contributed by atoms with Gasteiger partial charge in [0.25, 0.3) is 0 Å². The quantitative estimate of drug-likeness (QED) is 0.157. The molecule has 0 saturated heterocycles. The summed E-state index contributed by atoms with van der Waals surface area (Å²) >= 11 is 3.25. The summed E-state index contributed by atoms with van der Waals surface area (Å²) in [5.74, 6) is 2.38. The van der Waals surface area contributed by atoms with E-state index in [0.717, 1.165) is 37.8 Å². The van der Waals surface area contributed by atoms with Crippen LogP contribution in [0.15, 0.2) is 160 Å². The number of pyridine rings is 2. The van der Waals surface area contributed by atoms with E-state index in [9.17, 15) is 0 Å². The Balaban J connectivity index is 0.000000146. The van der Waals surface area contributed by atoms with E-state index in [0.29, 0.717) is 41.8 Å². The molecule has 10 nitrogen and oxygen atoms in total. The fourth-order valence-corrected chi connectivity index (χ4v) is 4.93. The highest BCUT2D eigenvalue weighted by atomic mass is 79.9. The van der Waals surface area contributed by atoms with E-state index in [1.54, 1.807) is 24.8 Å². The SMILES string of the molecule is Brc1cccnc1.Nc1noc2cccc(OCc3ccccc3)c12.c1ccc(COc2cccc3onc(Nc4cccnc4)c23)cc1. The normalized spacial score (nSPS) is 10.4. The van der Waals surface area contributed by atoms with E-state index in [1.165, 1.54) is 0 Å². The van der Waals surface area contributed by atoms with Crippen molar-refractivity contribution in [2.24, 2.45) is 0 Å². The number of fused-ring (bicyclic) bond motifs is 2. The lowest BCUT2D eigenvalue weighted by Crippen LogP contribution is -1.97. The molecule has 0 saturated carbocycles. The summed E-state index contributed by atoms with van der Waals surface area (Å²) in [5, 5.41) is 12.6. The smallest absolute Gasteiger partial charge is 0.185 e. The second kappa shape index (κ2) is 16.6. The summed E-state index contributed by atoms with van der Waals surface area (Å²) in [6.07, 6.45) is 6.94. The third kappa shape index (κ3) is 8.99. The Morgan fingerprint density at radius 1 is 0.592 bits per heavy atom. The molecule has 4 heterocycles. The van der Waals surface area contributed by atoms with Crippen molar-refractivity contribution in [1.29, 1.82) is 0 Å². The van der Waals surface area contributed by atoms with E-state index in [1.807, 2.05) is 121 Å². The van der Waals surface area contributed by atoms with Crippen molar-refractivity contribution in [1.82, 2.24) is 20.3 Å². The number of nitrogens with two attached hydrogens (primary N) is 1. The van der Waals surface area contributed by atoms with Gasteiger partial charge in [0.15, 0.2) is 22.8 Å². The Bertz CT molecular complexity index is 2180. The lowest BCUT2D eigenvalue weighted by Gasteiger charge is -2.08. The second-order valence-electron chi connectivity index (χ2n) is 10.4. The van der Waals surface area contributed by atoms with Gasteiger partial charge in [-0.25, -0.2) is 0 Å². The molecular formula is C38H31BrN6O4. The molecule has 0 aliphatic rings. The zero-order valence-electron chi connectivity index (χ0n) is 26.1. The lowest BCUT2D eigenvalue weighted by atomic mass is 10.2. The van der Waals surface area contributed by atoms with Gasteiger partial charge in [0, 0.05) is 23.1 Å². The number of nitrogens with one attached hydrogen (secondary N) is 1. The van der Waals surface area contributed by atoms with E-state index in [4.69, 9.17) is 24.3 Å². The van der Waals surface area contributed by atoms with Crippen LogP contribution in [-0.2, 0) is 13.2 Å². The molecule has 4 aromatic carbocycles. The van der Waals surface area contributed by atoms with Crippen LogP contribution in [0, 0.1) is 0 Å². The van der Waals surface area contributed by atoms with Crippen LogP contribution in [-0.4, -0.2) is 20.3 Å². The minimum Gasteiger partial charge on any atom is -0.488 e. The molecule has 0 radical (unpaired) electrons. The number of aromatic nitrogens is 4. The van der Waals surface area contributed by atoms with Crippen LogP contribution >= 0.6 is 15.9 Å². The Hall–Kier alpha value is -6.20. The van der Waals surface area contributed by atoms with Gasteiger partial charge in [-0.3, -0.25) is 9.97 Å². The molecule has 0 bridgehead atoms. The van der Waals surface area contributed by atoms with Crippen molar-refractivity contribution in [3.05, 3.63) is 162 Å². The highest BCUT2D eigenvalue weighted by Gasteiger charge is 2.14. The largest absolute Gasteiger partial charge is 0.488 e. The third-order valence-electron chi connectivity index (χ3n) is 6.97. The van der Waals surface area contributed by atoms with E-state index < -0.39 is 0 Å². The second-order valence-corrected chi connectivity index (χ2v) is 11.4. The van der Waals surface area contributed by atoms with Crippen molar-refractivity contribution >= 4 is 55.2 Å². The molecule has 0 atom stereocenters. The number of hydrogen-bond donors (Lipinski definition) is 2. The average Bonchev–Trinajstić information content (AvgIpc) is 3.75. The summed E-state index contributed by atoms with van der Waals surface area (Å²) in [6.45, 7) is 0.974. The van der Waals surface area contributed by atoms with E-state index in [-0.39, 0.29) is 0 Å². The molecule has 0 aliphatic carbocycles. The Kier molecular flexibility index (Phi) is 11.1. The van der Waals surface area contributed by atoms with Crippen LogP contribution in [0.5, 0.6) is 11.5 Å². The number of hydrogen-bond acceptors (Lipinski definition) is 10. The Labute approximate surface area is 290 Å². The number of halogens is 1. The van der Waals surface area contributed by atoms with E-state index in [2.05, 4.69) is 41.5 Å². The molecular weight excluding hydrogens is 684 g/mol. The van der Waals surface area contributed by atoms with Crippen molar-refractivity contribution in [2.45, 2.75) is 13.2 Å². The number of ether oxygens (including phenoxy) is 2. The number of rotatable bonds is 8. The Morgan fingerprint density at radius 2 is 1.16 bits per heavy atom. The monoisotopic (exact) mass is 714 g/mol. The van der Waals surface area contributed by atoms with Gasteiger partial charge in [-0.05, 0) is 75.6 Å². The summed E-state index contributed by atoms with van der Waals surface area (Å²) < 4.78 is 23.3. The Morgan fingerprint density at radius 3 is 1.71 bits per heavy atom. The fraction of sp³-hybridized carbons (Fsp3) is 0.0526. The molecule has 244 valence electrons. The number of nitrogens with zero attached hydrogens (tertiary/aromatic N) is 4. The predicted molar refractivity (Wildman–Crippen MR) is 193 cm³/mol. The van der Waals surface area contributed by atoms with E-state index >= 15 is 0 Å². The topological polar surface area (TPSA) is 134 Å². The van der Waals surface area contributed by atoms with Crippen molar-refractivity contribution in [2.75, 3.05) is 11.1 Å². The minimum absolute atomic E-state index is 0.355. The van der Waals surface area contributed by atoms with Crippen LogP contribution in [0.2, 0.25) is 0 Å². The van der Waals surface area contributed by atoms with Gasteiger partial charge in [0.05, 0.1) is 11.9 Å².